The maximum atomic E-state index is 11.0. The summed E-state index contributed by atoms with van der Waals surface area (Å²) in [5.74, 6) is 0.738. The molecule has 1 heterocycles. The lowest BCUT2D eigenvalue weighted by Crippen LogP contribution is -2.37. The average molecular weight is 289 g/mol. The molecular formula is C16H23N3O2. The number of nitro groups is 1. The van der Waals surface area contributed by atoms with Gasteiger partial charge in [0, 0.05) is 29.9 Å². The molecule has 0 radical (unpaired) electrons. The molecule has 1 aliphatic heterocycles. The van der Waals surface area contributed by atoms with Gasteiger partial charge in [0.05, 0.1) is 4.92 Å². The summed E-state index contributed by atoms with van der Waals surface area (Å²) in [4.78, 5) is 13.1. The molecule has 21 heavy (non-hydrogen) atoms. The van der Waals surface area contributed by atoms with Crippen LogP contribution in [0.3, 0.4) is 0 Å². The molecule has 3 rings (SSSR count). The first-order valence-electron chi connectivity index (χ1n) is 7.87. The SMILES string of the molecule is Cc1cc(N(CC2CCNCC2)C2CC2)ccc1[N+](=O)[O-]. The summed E-state index contributed by atoms with van der Waals surface area (Å²) >= 11 is 0. The van der Waals surface area contributed by atoms with Crippen molar-refractivity contribution in [1.82, 2.24) is 5.32 Å². The fourth-order valence-electron chi connectivity index (χ4n) is 3.22. The molecule has 0 amide bonds. The summed E-state index contributed by atoms with van der Waals surface area (Å²) in [7, 11) is 0. The summed E-state index contributed by atoms with van der Waals surface area (Å²) in [6, 6.07) is 6.20. The van der Waals surface area contributed by atoms with Crippen LogP contribution in [0.5, 0.6) is 0 Å². The van der Waals surface area contributed by atoms with Crippen molar-refractivity contribution in [3.63, 3.8) is 0 Å². The molecule has 0 bridgehead atoms. The highest BCUT2D eigenvalue weighted by Crippen LogP contribution is 2.35. The summed E-state index contributed by atoms with van der Waals surface area (Å²) in [5, 5.41) is 14.4. The lowest BCUT2D eigenvalue weighted by Gasteiger charge is -2.32. The second kappa shape index (κ2) is 6.02. The summed E-state index contributed by atoms with van der Waals surface area (Å²) in [6.45, 7) is 5.14. The molecule has 2 aliphatic rings. The van der Waals surface area contributed by atoms with Gasteiger partial charge in [-0.05, 0) is 63.7 Å². The number of benzene rings is 1. The van der Waals surface area contributed by atoms with Crippen molar-refractivity contribution >= 4 is 11.4 Å². The Morgan fingerprint density at radius 2 is 2.00 bits per heavy atom. The predicted molar refractivity (Wildman–Crippen MR) is 83.8 cm³/mol. The van der Waals surface area contributed by atoms with Gasteiger partial charge in [-0.25, -0.2) is 0 Å². The number of rotatable bonds is 5. The Morgan fingerprint density at radius 1 is 1.29 bits per heavy atom. The van der Waals surface area contributed by atoms with Gasteiger partial charge in [-0.2, -0.15) is 0 Å². The third-order valence-corrected chi connectivity index (χ3v) is 4.61. The predicted octanol–water partition coefficient (Wildman–Crippen LogP) is 2.87. The van der Waals surface area contributed by atoms with E-state index in [1.807, 2.05) is 19.1 Å². The van der Waals surface area contributed by atoms with Gasteiger partial charge in [0.2, 0.25) is 0 Å². The molecular weight excluding hydrogens is 266 g/mol. The lowest BCUT2D eigenvalue weighted by molar-refractivity contribution is -0.385. The van der Waals surface area contributed by atoms with Gasteiger partial charge in [-0.3, -0.25) is 10.1 Å². The first-order valence-corrected chi connectivity index (χ1v) is 7.87. The van der Waals surface area contributed by atoms with E-state index in [0.717, 1.165) is 36.8 Å². The Kier molecular flexibility index (Phi) is 4.10. The molecule has 1 aliphatic carbocycles. The third kappa shape index (κ3) is 3.35. The Morgan fingerprint density at radius 3 is 2.57 bits per heavy atom. The van der Waals surface area contributed by atoms with Gasteiger partial charge < -0.3 is 10.2 Å². The van der Waals surface area contributed by atoms with Gasteiger partial charge in [0.1, 0.15) is 0 Å². The van der Waals surface area contributed by atoms with Gasteiger partial charge in [0.15, 0.2) is 0 Å². The van der Waals surface area contributed by atoms with Crippen molar-refractivity contribution in [2.45, 2.75) is 38.6 Å². The molecule has 114 valence electrons. The molecule has 1 saturated heterocycles. The molecule has 0 atom stereocenters. The van der Waals surface area contributed by atoms with Crippen molar-refractivity contribution < 1.29 is 4.92 Å². The van der Waals surface area contributed by atoms with E-state index in [2.05, 4.69) is 10.2 Å². The molecule has 1 aromatic carbocycles. The minimum Gasteiger partial charge on any atom is -0.368 e. The number of aryl methyl sites for hydroxylation is 1. The highest BCUT2D eigenvalue weighted by molar-refractivity contribution is 5.56. The van der Waals surface area contributed by atoms with Crippen LogP contribution in [-0.2, 0) is 0 Å². The van der Waals surface area contributed by atoms with Crippen LogP contribution in [0, 0.1) is 23.0 Å². The van der Waals surface area contributed by atoms with E-state index >= 15 is 0 Å². The first kappa shape index (κ1) is 14.3. The highest BCUT2D eigenvalue weighted by Gasteiger charge is 2.31. The highest BCUT2D eigenvalue weighted by atomic mass is 16.6. The largest absolute Gasteiger partial charge is 0.368 e. The standard InChI is InChI=1S/C16H23N3O2/c1-12-10-15(4-5-16(12)19(20)21)18(14-2-3-14)11-13-6-8-17-9-7-13/h4-5,10,13-14,17H,2-3,6-9,11H2,1H3. The van der Waals surface area contributed by atoms with Crippen LogP contribution < -0.4 is 10.2 Å². The van der Waals surface area contributed by atoms with Crippen molar-refractivity contribution in [2.24, 2.45) is 5.92 Å². The van der Waals surface area contributed by atoms with Gasteiger partial charge in [0.25, 0.3) is 5.69 Å². The van der Waals surface area contributed by atoms with E-state index < -0.39 is 0 Å². The number of anilines is 1. The zero-order valence-electron chi connectivity index (χ0n) is 12.5. The number of piperidine rings is 1. The third-order valence-electron chi connectivity index (χ3n) is 4.61. The molecule has 1 aromatic rings. The summed E-state index contributed by atoms with van der Waals surface area (Å²) < 4.78 is 0. The smallest absolute Gasteiger partial charge is 0.272 e. The molecule has 0 unspecified atom stereocenters. The van der Waals surface area contributed by atoms with Crippen LogP contribution in [0.1, 0.15) is 31.2 Å². The van der Waals surface area contributed by atoms with Crippen LogP contribution >= 0.6 is 0 Å². The molecule has 0 spiro atoms. The minimum atomic E-state index is -0.298. The van der Waals surface area contributed by atoms with E-state index in [1.165, 1.54) is 25.7 Å². The van der Waals surface area contributed by atoms with Crippen molar-refractivity contribution in [1.29, 1.82) is 0 Å². The van der Waals surface area contributed by atoms with Crippen LogP contribution in [0.4, 0.5) is 11.4 Å². The monoisotopic (exact) mass is 289 g/mol. The molecule has 5 heteroatoms. The average Bonchev–Trinajstić information content (AvgIpc) is 3.30. The number of nitro benzene ring substituents is 1. The molecule has 0 aromatic heterocycles. The quantitative estimate of drug-likeness (QED) is 0.669. The van der Waals surface area contributed by atoms with Crippen LogP contribution in [-0.4, -0.2) is 30.6 Å². The van der Waals surface area contributed by atoms with E-state index in [1.54, 1.807) is 6.07 Å². The Balaban J connectivity index is 1.77. The zero-order chi connectivity index (χ0) is 14.8. The maximum Gasteiger partial charge on any atom is 0.272 e. The van der Waals surface area contributed by atoms with E-state index in [0.29, 0.717) is 6.04 Å². The van der Waals surface area contributed by atoms with Crippen molar-refractivity contribution in [3.8, 4) is 0 Å². The fourth-order valence-corrected chi connectivity index (χ4v) is 3.22. The molecule has 1 saturated carbocycles. The van der Waals surface area contributed by atoms with Crippen molar-refractivity contribution in [2.75, 3.05) is 24.5 Å². The second-order valence-electron chi connectivity index (χ2n) is 6.30. The number of nitrogens with one attached hydrogen (secondary N) is 1. The zero-order valence-corrected chi connectivity index (χ0v) is 12.5. The Bertz CT molecular complexity index is 522. The normalized spacial score (nSPS) is 19.5. The number of nitrogens with zero attached hydrogens (tertiary/aromatic N) is 2. The molecule has 2 fully saturated rings. The summed E-state index contributed by atoms with van der Waals surface area (Å²) in [6.07, 6.45) is 4.96. The van der Waals surface area contributed by atoms with Gasteiger partial charge in [-0.1, -0.05) is 0 Å². The van der Waals surface area contributed by atoms with Crippen LogP contribution in [0.15, 0.2) is 18.2 Å². The van der Waals surface area contributed by atoms with Crippen LogP contribution in [0.25, 0.3) is 0 Å². The second-order valence-corrected chi connectivity index (χ2v) is 6.30. The minimum absolute atomic E-state index is 0.219. The topological polar surface area (TPSA) is 58.4 Å². The van der Waals surface area contributed by atoms with Crippen LogP contribution in [0.2, 0.25) is 0 Å². The van der Waals surface area contributed by atoms with E-state index in [4.69, 9.17) is 0 Å². The first-order chi connectivity index (χ1) is 10.1. The Hall–Kier alpha value is -1.62. The lowest BCUT2D eigenvalue weighted by atomic mass is 9.97. The fraction of sp³-hybridized carbons (Fsp3) is 0.625. The Labute approximate surface area is 125 Å². The van der Waals surface area contributed by atoms with Gasteiger partial charge >= 0.3 is 0 Å². The van der Waals surface area contributed by atoms with Crippen molar-refractivity contribution in [3.05, 3.63) is 33.9 Å². The van der Waals surface area contributed by atoms with E-state index in [-0.39, 0.29) is 10.6 Å². The van der Waals surface area contributed by atoms with Gasteiger partial charge in [-0.15, -0.1) is 0 Å². The molecule has 1 N–H and O–H groups in total. The number of hydrogen-bond acceptors (Lipinski definition) is 4. The number of hydrogen-bond donors (Lipinski definition) is 1. The molecule has 5 nitrogen and oxygen atoms in total. The summed E-state index contributed by atoms with van der Waals surface area (Å²) in [5.41, 5.74) is 2.13. The van der Waals surface area contributed by atoms with E-state index in [9.17, 15) is 10.1 Å². The maximum absolute atomic E-state index is 11.0.